The van der Waals surface area contributed by atoms with E-state index < -0.39 is 0 Å². The van der Waals surface area contributed by atoms with Gasteiger partial charge in [0, 0.05) is 12.1 Å². The summed E-state index contributed by atoms with van der Waals surface area (Å²) in [6, 6.07) is 0. The summed E-state index contributed by atoms with van der Waals surface area (Å²) < 4.78 is 0. The first-order valence-electron chi connectivity index (χ1n) is 4.11. The molecule has 0 atom stereocenters. The van der Waals surface area contributed by atoms with Crippen molar-refractivity contribution in [1.82, 2.24) is 9.97 Å². The molecule has 0 spiro atoms. The molecule has 0 amide bonds. The van der Waals surface area contributed by atoms with Gasteiger partial charge < -0.3 is 4.98 Å². The highest BCUT2D eigenvalue weighted by Crippen LogP contribution is 2.07. The molecule has 11 heavy (non-hydrogen) atoms. The zero-order chi connectivity index (χ0) is 8.43. The third-order valence-electron chi connectivity index (χ3n) is 1.78. The number of nitrogens with zero attached hydrogens (tertiary/aromatic N) is 1. The van der Waals surface area contributed by atoms with Crippen LogP contribution in [0.2, 0.25) is 0 Å². The van der Waals surface area contributed by atoms with Crippen molar-refractivity contribution in [3.05, 3.63) is 17.2 Å². The Kier molecular flexibility index (Phi) is 2.32. The lowest BCUT2D eigenvalue weighted by Crippen LogP contribution is -1.95. The zero-order valence-corrected chi connectivity index (χ0v) is 7.73. The summed E-state index contributed by atoms with van der Waals surface area (Å²) in [7, 11) is 0. The summed E-state index contributed by atoms with van der Waals surface area (Å²) in [5, 5.41) is 0. The van der Waals surface area contributed by atoms with Crippen LogP contribution in [-0.2, 0) is 6.42 Å². The van der Waals surface area contributed by atoms with Crippen molar-refractivity contribution in [3.8, 4) is 0 Å². The van der Waals surface area contributed by atoms with Gasteiger partial charge in [0.25, 0.3) is 0 Å². The van der Waals surface area contributed by atoms with Crippen molar-refractivity contribution >= 4 is 0 Å². The fourth-order valence-electron chi connectivity index (χ4n) is 1.10. The Morgan fingerprint density at radius 1 is 1.36 bits per heavy atom. The van der Waals surface area contributed by atoms with E-state index in [0.717, 1.165) is 17.9 Å². The minimum Gasteiger partial charge on any atom is -0.346 e. The van der Waals surface area contributed by atoms with Crippen molar-refractivity contribution in [3.63, 3.8) is 0 Å². The smallest absolute Gasteiger partial charge is 0.106 e. The Hall–Kier alpha value is -0.790. The highest BCUT2D eigenvalue weighted by Gasteiger charge is 2.03. The fourth-order valence-corrected chi connectivity index (χ4v) is 1.10. The van der Waals surface area contributed by atoms with Gasteiger partial charge in [0.2, 0.25) is 0 Å². The highest BCUT2D eigenvalue weighted by molar-refractivity contribution is 5.10. The van der Waals surface area contributed by atoms with Crippen molar-refractivity contribution in [2.45, 2.75) is 34.1 Å². The first kappa shape index (κ1) is 8.31. The molecule has 1 heterocycles. The number of aromatic amines is 1. The third-order valence-corrected chi connectivity index (χ3v) is 1.78. The number of hydrogen-bond donors (Lipinski definition) is 1. The topological polar surface area (TPSA) is 28.7 Å². The normalized spacial score (nSPS) is 11.0. The third kappa shape index (κ3) is 2.07. The maximum atomic E-state index is 4.39. The molecule has 0 radical (unpaired) electrons. The van der Waals surface area contributed by atoms with E-state index in [-0.39, 0.29) is 0 Å². The molecule has 2 nitrogen and oxygen atoms in total. The lowest BCUT2D eigenvalue weighted by Gasteiger charge is -1.98. The quantitative estimate of drug-likeness (QED) is 0.691. The van der Waals surface area contributed by atoms with E-state index in [4.69, 9.17) is 0 Å². The number of H-pyrrole nitrogens is 1. The molecule has 0 saturated carbocycles. The van der Waals surface area contributed by atoms with Gasteiger partial charge in [-0.25, -0.2) is 4.98 Å². The van der Waals surface area contributed by atoms with Crippen LogP contribution in [0.3, 0.4) is 0 Å². The Morgan fingerprint density at radius 3 is 2.36 bits per heavy atom. The maximum Gasteiger partial charge on any atom is 0.106 e. The van der Waals surface area contributed by atoms with Crippen molar-refractivity contribution < 1.29 is 0 Å². The first-order valence-corrected chi connectivity index (χ1v) is 4.11. The van der Waals surface area contributed by atoms with E-state index in [1.807, 2.05) is 6.92 Å². The van der Waals surface area contributed by atoms with E-state index in [0.29, 0.717) is 5.92 Å². The van der Waals surface area contributed by atoms with Crippen LogP contribution in [0.1, 0.15) is 31.1 Å². The van der Waals surface area contributed by atoms with E-state index >= 15 is 0 Å². The van der Waals surface area contributed by atoms with Crippen LogP contribution in [0.15, 0.2) is 0 Å². The number of nitrogens with one attached hydrogen (secondary N) is 1. The summed E-state index contributed by atoms with van der Waals surface area (Å²) in [4.78, 5) is 7.66. The van der Waals surface area contributed by atoms with Gasteiger partial charge in [-0.15, -0.1) is 0 Å². The van der Waals surface area contributed by atoms with E-state index in [9.17, 15) is 0 Å². The molecule has 1 aromatic rings. The van der Waals surface area contributed by atoms with Crippen molar-refractivity contribution in [1.29, 1.82) is 0 Å². The van der Waals surface area contributed by atoms with Gasteiger partial charge in [0.15, 0.2) is 0 Å². The number of aryl methyl sites for hydroxylation is 2. The van der Waals surface area contributed by atoms with E-state index in [1.165, 1.54) is 5.69 Å². The molecule has 1 aromatic heterocycles. The number of hydrogen-bond acceptors (Lipinski definition) is 1. The van der Waals surface area contributed by atoms with Gasteiger partial charge in [-0.05, 0) is 19.8 Å². The van der Waals surface area contributed by atoms with Crippen LogP contribution >= 0.6 is 0 Å². The lowest BCUT2D eigenvalue weighted by molar-refractivity contribution is 0.625. The SMILES string of the molecule is Cc1nc(CC(C)C)[nH]c1C. The zero-order valence-electron chi connectivity index (χ0n) is 7.73. The average Bonchev–Trinajstić information content (AvgIpc) is 2.10. The van der Waals surface area contributed by atoms with Gasteiger partial charge in [-0.2, -0.15) is 0 Å². The number of imidazole rings is 1. The molecular formula is C9H16N2. The molecule has 0 aliphatic rings. The van der Waals surface area contributed by atoms with Crippen LogP contribution in [0.4, 0.5) is 0 Å². The predicted molar refractivity (Wildman–Crippen MR) is 46.6 cm³/mol. The Morgan fingerprint density at radius 2 is 2.00 bits per heavy atom. The lowest BCUT2D eigenvalue weighted by atomic mass is 10.1. The molecule has 0 aromatic carbocycles. The van der Waals surface area contributed by atoms with Gasteiger partial charge in [0.1, 0.15) is 5.82 Å². The monoisotopic (exact) mass is 152 g/mol. The Labute approximate surface area is 68.0 Å². The van der Waals surface area contributed by atoms with Crippen LogP contribution < -0.4 is 0 Å². The minimum absolute atomic E-state index is 0.681. The second-order valence-electron chi connectivity index (χ2n) is 3.49. The Balaban J connectivity index is 2.73. The second-order valence-corrected chi connectivity index (χ2v) is 3.49. The van der Waals surface area contributed by atoms with Crippen LogP contribution in [0, 0.1) is 19.8 Å². The first-order chi connectivity index (χ1) is 5.09. The van der Waals surface area contributed by atoms with Crippen LogP contribution in [0.5, 0.6) is 0 Å². The predicted octanol–water partition coefficient (Wildman–Crippen LogP) is 2.23. The van der Waals surface area contributed by atoms with Gasteiger partial charge in [0.05, 0.1) is 5.69 Å². The van der Waals surface area contributed by atoms with Crippen molar-refractivity contribution in [2.75, 3.05) is 0 Å². The van der Waals surface area contributed by atoms with Gasteiger partial charge in [-0.1, -0.05) is 13.8 Å². The highest BCUT2D eigenvalue weighted by atomic mass is 14.9. The molecule has 0 fully saturated rings. The molecule has 0 aliphatic heterocycles. The minimum atomic E-state index is 0.681. The van der Waals surface area contributed by atoms with E-state index in [1.54, 1.807) is 0 Å². The van der Waals surface area contributed by atoms with Crippen molar-refractivity contribution in [2.24, 2.45) is 5.92 Å². The molecular weight excluding hydrogens is 136 g/mol. The number of rotatable bonds is 2. The molecule has 1 N–H and O–H groups in total. The molecule has 0 unspecified atom stereocenters. The molecule has 1 rings (SSSR count). The van der Waals surface area contributed by atoms with Gasteiger partial charge in [-0.3, -0.25) is 0 Å². The molecule has 0 saturated heterocycles. The molecule has 0 bridgehead atoms. The summed E-state index contributed by atoms with van der Waals surface area (Å²) in [6.45, 7) is 8.50. The summed E-state index contributed by atoms with van der Waals surface area (Å²) >= 11 is 0. The maximum absolute atomic E-state index is 4.39. The van der Waals surface area contributed by atoms with Crippen LogP contribution in [0.25, 0.3) is 0 Å². The molecule has 62 valence electrons. The fraction of sp³-hybridized carbons (Fsp3) is 0.667. The molecule has 2 heteroatoms. The standard InChI is InChI=1S/C9H16N2/c1-6(2)5-9-10-7(3)8(4)11-9/h6H,5H2,1-4H3,(H,10,11). The number of aromatic nitrogens is 2. The van der Waals surface area contributed by atoms with E-state index in [2.05, 4.69) is 30.7 Å². The summed E-state index contributed by atoms with van der Waals surface area (Å²) in [5.41, 5.74) is 2.32. The second kappa shape index (κ2) is 3.07. The Bertz CT molecular complexity index is 216. The average molecular weight is 152 g/mol. The molecule has 0 aliphatic carbocycles. The summed E-state index contributed by atoms with van der Waals surface area (Å²) in [6.07, 6.45) is 1.05. The van der Waals surface area contributed by atoms with Crippen LogP contribution in [-0.4, -0.2) is 9.97 Å². The summed E-state index contributed by atoms with van der Waals surface area (Å²) in [5.74, 6) is 1.80. The largest absolute Gasteiger partial charge is 0.346 e. The van der Waals surface area contributed by atoms with Gasteiger partial charge >= 0.3 is 0 Å².